The average Bonchev–Trinajstić information content (AvgIpc) is 1.99. The molecule has 468 valence electrons. The molecule has 8 aromatic rings. The third kappa shape index (κ3) is 16.2. The van der Waals surface area contributed by atoms with Gasteiger partial charge in [-0.15, -0.1) is 35.1 Å². The molecule has 2 aliphatic rings. The Morgan fingerprint density at radius 2 is 0.897 bits per heavy atom. The molecular weight excluding hydrogens is 1190 g/mol. The lowest BCUT2D eigenvalue weighted by atomic mass is 10.1. The van der Waals surface area contributed by atoms with Gasteiger partial charge in [-0.3, -0.25) is 0 Å². The molecule has 2 N–H and O–H groups in total. The molecule has 87 heavy (non-hydrogen) atoms. The number of nitrogens with one attached hydrogen (secondary N) is 2. The standard InChI is InChI=1S/2C31H36F3N5O3S.ClH/c2*1-6-27-37-28(23-14-22(15-31(32,33)34)43-30(23)38-27)39(2)24-12-21(13-25(24)40-3)35-16-18-7-9-19(10-8-18)20-11-26(41-4)29(42-5)36-17-20;/h2*7-11,14,17,21,24-25,35H,6,12-13,15-16H2,1-5H3;1H/t2*21-,24+,25+;/m11./s1. The minimum Gasteiger partial charge on any atom is -0.491 e. The highest BCUT2D eigenvalue weighted by Gasteiger charge is 2.40. The number of rotatable bonds is 22. The number of halogens is 7. The lowest BCUT2D eigenvalue weighted by molar-refractivity contribution is -0.127. The number of pyridine rings is 2. The summed E-state index contributed by atoms with van der Waals surface area (Å²) in [7, 11) is 13.6. The highest BCUT2D eigenvalue weighted by atomic mass is 35.5. The van der Waals surface area contributed by atoms with E-state index in [1.54, 1.807) is 67.2 Å². The molecule has 6 aromatic heterocycles. The number of hydrogen-bond acceptors (Lipinski definition) is 18. The molecule has 2 aliphatic carbocycles. The lowest BCUT2D eigenvalue weighted by Gasteiger charge is -2.30. The van der Waals surface area contributed by atoms with Crippen molar-refractivity contribution in [2.45, 2.75) is 127 Å². The minimum absolute atomic E-state index is 0. The number of nitrogens with zero attached hydrogens (tertiary/aromatic N) is 8. The molecule has 0 unspecified atom stereocenters. The van der Waals surface area contributed by atoms with Crippen LogP contribution in [-0.4, -0.2) is 135 Å². The summed E-state index contributed by atoms with van der Waals surface area (Å²) in [4.78, 5) is 33.0. The van der Waals surface area contributed by atoms with Crippen LogP contribution in [-0.2, 0) is 48.2 Å². The number of benzene rings is 2. The van der Waals surface area contributed by atoms with E-state index in [2.05, 4.69) is 88.9 Å². The van der Waals surface area contributed by atoms with Gasteiger partial charge < -0.3 is 48.9 Å². The summed E-state index contributed by atoms with van der Waals surface area (Å²) in [6.45, 7) is 5.26. The van der Waals surface area contributed by atoms with Crippen molar-refractivity contribution < 1.29 is 54.8 Å². The Kier molecular flexibility index (Phi) is 22.2. The summed E-state index contributed by atoms with van der Waals surface area (Å²) in [6.07, 6.45) is -2.71. The number of methoxy groups -OCH3 is 6. The molecule has 0 radical (unpaired) electrons. The van der Waals surface area contributed by atoms with Gasteiger partial charge in [-0.2, -0.15) is 26.3 Å². The smallest absolute Gasteiger partial charge is 0.393 e. The largest absolute Gasteiger partial charge is 0.491 e. The van der Waals surface area contributed by atoms with Gasteiger partial charge in [0, 0.05) is 99.6 Å². The molecule has 6 atom stereocenters. The molecule has 0 aliphatic heterocycles. The Hall–Kier alpha value is -6.67. The van der Waals surface area contributed by atoms with E-state index in [-0.39, 0.29) is 58.5 Å². The first-order chi connectivity index (χ1) is 41.2. The number of ether oxygens (including phenoxy) is 6. The fourth-order valence-corrected chi connectivity index (χ4v) is 13.4. The highest BCUT2D eigenvalue weighted by molar-refractivity contribution is 7.19. The van der Waals surface area contributed by atoms with Crippen molar-refractivity contribution >= 4 is 67.1 Å². The van der Waals surface area contributed by atoms with Crippen LogP contribution >= 0.6 is 35.1 Å². The SMILES string of the molecule is CCc1nc(N(C)[C@H]2C[C@@H](NCc3ccc(-c4cnc(OC)c(OC)c4)cc3)C[C@@H]2OC)c2cc(CC(F)(F)F)sc2n1.CCc1nc(N(C)[C@H]2C[C@@H](NCc3ccc(-c4cnc(OC)c(OC)c4)cc3)C[C@@H]2OC)c2cc(CC(F)(F)F)sc2n1.Cl. The van der Waals surface area contributed by atoms with Crippen LogP contribution < -0.4 is 39.4 Å². The summed E-state index contributed by atoms with van der Waals surface area (Å²) in [5.41, 5.74) is 6.19. The molecule has 2 aromatic carbocycles. The summed E-state index contributed by atoms with van der Waals surface area (Å²) in [5.74, 6) is 4.57. The van der Waals surface area contributed by atoms with Crippen molar-refractivity contribution in [2.75, 3.05) is 66.6 Å². The Labute approximate surface area is 516 Å². The summed E-state index contributed by atoms with van der Waals surface area (Å²) < 4.78 is 112. The number of aromatic nitrogens is 6. The first kappa shape index (κ1) is 66.3. The Morgan fingerprint density at radius 1 is 0.517 bits per heavy atom. The second-order valence-corrected chi connectivity index (χ2v) is 23.6. The summed E-state index contributed by atoms with van der Waals surface area (Å²) in [5, 5.41) is 8.64. The van der Waals surface area contributed by atoms with E-state index in [0.717, 1.165) is 81.7 Å². The van der Waals surface area contributed by atoms with Gasteiger partial charge in [0.05, 0.1) is 76.3 Å². The molecule has 6 heterocycles. The average molecular weight is 1270 g/mol. The van der Waals surface area contributed by atoms with Crippen LogP contribution in [0.2, 0.25) is 0 Å². The van der Waals surface area contributed by atoms with Crippen molar-refractivity contribution in [1.29, 1.82) is 0 Å². The van der Waals surface area contributed by atoms with Gasteiger partial charge >= 0.3 is 12.4 Å². The molecule has 25 heteroatoms. The van der Waals surface area contributed by atoms with Crippen molar-refractivity contribution in [1.82, 2.24) is 40.5 Å². The van der Waals surface area contributed by atoms with Gasteiger partial charge in [0.2, 0.25) is 0 Å². The maximum atomic E-state index is 13.1. The fraction of sp³-hybridized carbons (Fsp3) is 0.452. The third-order valence-corrected chi connectivity index (χ3v) is 17.8. The van der Waals surface area contributed by atoms with E-state index in [1.807, 2.05) is 40.1 Å². The normalized spacial score (nSPS) is 18.5. The number of likely N-dealkylation sites (N-methyl/N-ethyl adjacent to an activating group) is 2. The predicted molar refractivity (Wildman–Crippen MR) is 332 cm³/mol. The summed E-state index contributed by atoms with van der Waals surface area (Å²) in [6, 6.07) is 24.0. The van der Waals surface area contributed by atoms with Crippen LogP contribution in [0, 0.1) is 0 Å². The van der Waals surface area contributed by atoms with Crippen molar-refractivity contribution in [3.8, 4) is 45.5 Å². The third-order valence-electron chi connectivity index (χ3n) is 15.8. The quantitative estimate of drug-likeness (QED) is 0.0616. The van der Waals surface area contributed by atoms with Crippen LogP contribution in [0.4, 0.5) is 38.0 Å². The number of alkyl halides is 6. The van der Waals surface area contributed by atoms with Crippen LogP contribution in [0.1, 0.15) is 72.1 Å². The maximum Gasteiger partial charge on any atom is 0.393 e. The summed E-state index contributed by atoms with van der Waals surface area (Å²) >= 11 is 2.17. The minimum atomic E-state index is -4.28. The van der Waals surface area contributed by atoms with Gasteiger partial charge in [-0.05, 0) is 72.2 Å². The van der Waals surface area contributed by atoms with E-state index in [0.29, 0.717) is 92.9 Å². The van der Waals surface area contributed by atoms with E-state index < -0.39 is 25.2 Å². The number of anilines is 2. The molecule has 0 amide bonds. The number of aryl methyl sites for hydroxylation is 2. The van der Waals surface area contributed by atoms with Crippen molar-refractivity contribution in [3.63, 3.8) is 0 Å². The second-order valence-electron chi connectivity index (χ2n) is 21.3. The second kappa shape index (κ2) is 29.1. The molecule has 16 nitrogen and oxygen atoms in total. The number of thiophene rings is 2. The Morgan fingerprint density at radius 3 is 1.22 bits per heavy atom. The first-order valence-corrected chi connectivity index (χ1v) is 29.9. The molecule has 2 fully saturated rings. The monoisotopic (exact) mass is 1270 g/mol. The molecular formula is C62H73ClF6N10O6S2. The number of hydrogen-bond donors (Lipinski definition) is 2. The zero-order valence-electron chi connectivity index (χ0n) is 50.1. The van der Waals surface area contributed by atoms with Crippen molar-refractivity contribution in [2.24, 2.45) is 0 Å². The topological polar surface area (TPSA) is 163 Å². The molecule has 0 bridgehead atoms. The van der Waals surface area contributed by atoms with E-state index in [1.165, 1.54) is 0 Å². The van der Waals surface area contributed by atoms with Crippen LogP contribution in [0.15, 0.2) is 85.2 Å². The van der Waals surface area contributed by atoms with Crippen LogP contribution in [0.5, 0.6) is 23.3 Å². The van der Waals surface area contributed by atoms with Gasteiger partial charge in [0.1, 0.15) is 32.9 Å². The van der Waals surface area contributed by atoms with Crippen LogP contribution in [0.3, 0.4) is 0 Å². The van der Waals surface area contributed by atoms with E-state index >= 15 is 0 Å². The zero-order valence-corrected chi connectivity index (χ0v) is 52.6. The van der Waals surface area contributed by atoms with Gasteiger partial charge in [0.15, 0.2) is 11.5 Å². The molecule has 0 saturated heterocycles. The van der Waals surface area contributed by atoms with E-state index in [4.69, 9.17) is 38.4 Å². The Balaban J connectivity index is 0.000000223. The number of fused-ring (bicyclic) bond motifs is 2. The van der Waals surface area contributed by atoms with Crippen LogP contribution in [0.25, 0.3) is 42.7 Å². The highest BCUT2D eigenvalue weighted by Crippen LogP contribution is 2.40. The van der Waals surface area contributed by atoms with E-state index in [9.17, 15) is 26.3 Å². The van der Waals surface area contributed by atoms with Gasteiger partial charge in [0.25, 0.3) is 11.8 Å². The van der Waals surface area contributed by atoms with Gasteiger partial charge in [-0.25, -0.2) is 29.9 Å². The zero-order chi connectivity index (χ0) is 61.5. The molecule has 0 spiro atoms. The van der Waals surface area contributed by atoms with Crippen molar-refractivity contribution in [3.05, 3.63) is 118 Å². The predicted octanol–water partition coefficient (Wildman–Crippen LogP) is 12.8. The fourth-order valence-electron chi connectivity index (χ4n) is 11.3. The maximum absolute atomic E-state index is 13.1. The first-order valence-electron chi connectivity index (χ1n) is 28.3. The lowest BCUT2D eigenvalue weighted by Crippen LogP contribution is -2.39. The molecule has 2 saturated carbocycles. The van der Waals surface area contributed by atoms with Gasteiger partial charge in [-0.1, -0.05) is 62.4 Å². The Bertz CT molecular complexity index is 3330. The molecule has 10 rings (SSSR count).